The Bertz CT molecular complexity index is 665. The Labute approximate surface area is 111 Å². The normalized spacial score (nSPS) is 11.5. The molecule has 0 saturated carbocycles. The van der Waals surface area contributed by atoms with Gasteiger partial charge in [-0.1, -0.05) is 11.6 Å². The van der Waals surface area contributed by atoms with Crippen molar-refractivity contribution in [3.05, 3.63) is 46.3 Å². The fourth-order valence-electron chi connectivity index (χ4n) is 1.26. The number of anilines is 1. The van der Waals surface area contributed by atoms with Gasteiger partial charge in [-0.3, -0.25) is 4.72 Å². The van der Waals surface area contributed by atoms with E-state index in [0.29, 0.717) is 10.4 Å². The summed E-state index contributed by atoms with van der Waals surface area (Å²) in [5.41, 5.74) is -0.183. The van der Waals surface area contributed by atoms with E-state index in [9.17, 15) is 17.2 Å². The van der Waals surface area contributed by atoms with Crippen LogP contribution in [-0.2, 0) is 10.0 Å². The van der Waals surface area contributed by atoms with Crippen molar-refractivity contribution < 1.29 is 17.2 Å². The van der Waals surface area contributed by atoms with Gasteiger partial charge in [0.05, 0.1) is 10.0 Å². The van der Waals surface area contributed by atoms with Gasteiger partial charge in [0.25, 0.3) is 10.0 Å². The molecule has 0 saturated heterocycles. The lowest BCUT2D eigenvalue weighted by molar-refractivity contribution is 0.584. The van der Waals surface area contributed by atoms with Crippen LogP contribution in [0.4, 0.5) is 14.5 Å². The third-order valence-electron chi connectivity index (χ3n) is 1.93. The van der Waals surface area contributed by atoms with Crippen LogP contribution in [0.2, 0.25) is 4.34 Å². The van der Waals surface area contributed by atoms with Crippen molar-refractivity contribution in [3.63, 3.8) is 0 Å². The minimum Gasteiger partial charge on any atom is -0.279 e. The van der Waals surface area contributed by atoms with E-state index in [2.05, 4.69) is 4.72 Å². The predicted molar refractivity (Wildman–Crippen MR) is 66.5 cm³/mol. The third-order valence-corrected chi connectivity index (χ3v) is 5.03. The summed E-state index contributed by atoms with van der Waals surface area (Å²) < 4.78 is 51.8. The second-order valence-corrected chi connectivity index (χ2v) is 6.95. The molecule has 1 aromatic carbocycles. The first kappa shape index (κ1) is 13.3. The van der Waals surface area contributed by atoms with Crippen LogP contribution >= 0.6 is 22.9 Å². The van der Waals surface area contributed by atoms with E-state index in [0.717, 1.165) is 23.5 Å². The van der Waals surface area contributed by atoms with Crippen molar-refractivity contribution in [2.24, 2.45) is 0 Å². The van der Waals surface area contributed by atoms with E-state index in [1.54, 1.807) is 0 Å². The maximum Gasteiger partial charge on any atom is 0.271 e. The van der Waals surface area contributed by atoms with Gasteiger partial charge in [0, 0.05) is 6.07 Å². The number of halogens is 3. The SMILES string of the molecule is O=S(=O)(Nc1cc(F)cc(F)c1)c1ccc(Cl)s1. The Hall–Kier alpha value is -1.18. The molecule has 96 valence electrons. The van der Waals surface area contributed by atoms with E-state index in [4.69, 9.17) is 11.6 Å². The van der Waals surface area contributed by atoms with E-state index < -0.39 is 21.7 Å². The third kappa shape index (κ3) is 2.98. The monoisotopic (exact) mass is 309 g/mol. The van der Waals surface area contributed by atoms with Gasteiger partial charge < -0.3 is 0 Å². The summed E-state index contributed by atoms with van der Waals surface area (Å²) in [5, 5.41) is 0. The summed E-state index contributed by atoms with van der Waals surface area (Å²) in [4.78, 5) is 0. The smallest absolute Gasteiger partial charge is 0.271 e. The first-order valence-electron chi connectivity index (χ1n) is 4.61. The number of thiophene rings is 1. The zero-order valence-electron chi connectivity index (χ0n) is 8.65. The highest BCUT2D eigenvalue weighted by Crippen LogP contribution is 2.27. The molecular formula is C10H6ClF2NO2S2. The van der Waals surface area contributed by atoms with Gasteiger partial charge in [-0.2, -0.15) is 0 Å². The van der Waals surface area contributed by atoms with E-state index in [1.165, 1.54) is 12.1 Å². The van der Waals surface area contributed by atoms with E-state index >= 15 is 0 Å². The minimum absolute atomic E-state index is 0.0304. The maximum atomic E-state index is 12.9. The van der Waals surface area contributed by atoms with Crippen molar-refractivity contribution in [1.29, 1.82) is 0 Å². The van der Waals surface area contributed by atoms with Crippen LogP contribution in [0.5, 0.6) is 0 Å². The van der Waals surface area contributed by atoms with Crippen LogP contribution in [0.1, 0.15) is 0 Å². The van der Waals surface area contributed by atoms with Crippen molar-refractivity contribution in [2.75, 3.05) is 4.72 Å². The van der Waals surface area contributed by atoms with Crippen molar-refractivity contribution in [2.45, 2.75) is 4.21 Å². The number of sulfonamides is 1. The second kappa shape index (κ2) is 4.83. The molecule has 0 fully saturated rings. The van der Waals surface area contributed by atoms with Crippen LogP contribution in [0.25, 0.3) is 0 Å². The average Bonchev–Trinajstić information content (AvgIpc) is 2.62. The molecule has 1 N–H and O–H groups in total. The average molecular weight is 310 g/mol. The Kier molecular flexibility index (Phi) is 3.56. The number of benzene rings is 1. The number of hydrogen-bond donors (Lipinski definition) is 1. The van der Waals surface area contributed by atoms with Gasteiger partial charge in [-0.25, -0.2) is 17.2 Å². The van der Waals surface area contributed by atoms with Gasteiger partial charge in [0.2, 0.25) is 0 Å². The van der Waals surface area contributed by atoms with Gasteiger partial charge in [-0.05, 0) is 24.3 Å². The largest absolute Gasteiger partial charge is 0.279 e. The molecule has 3 nitrogen and oxygen atoms in total. The van der Waals surface area contributed by atoms with Gasteiger partial charge in [-0.15, -0.1) is 11.3 Å². The van der Waals surface area contributed by atoms with Crippen molar-refractivity contribution in [3.8, 4) is 0 Å². The first-order valence-corrected chi connectivity index (χ1v) is 7.29. The Morgan fingerprint density at radius 2 is 1.72 bits per heavy atom. The highest BCUT2D eigenvalue weighted by atomic mass is 35.5. The number of rotatable bonds is 3. The number of nitrogens with one attached hydrogen (secondary N) is 1. The topological polar surface area (TPSA) is 46.2 Å². The molecular weight excluding hydrogens is 304 g/mol. The molecule has 0 radical (unpaired) electrons. The molecule has 18 heavy (non-hydrogen) atoms. The fraction of sp³-hybridized carbons (Fsp3) is 0. The van der Waals surface area contributed by atoms with E-state index in [1.807, 2.05) is 0 Å². The Morgan fingerprint density at radius 3 is 2.22 bits per heavy atom. The molecule has 2 rings (SSSR count). The second-order valence-electron chi connectivity index (χ2n) is 3.32. The lowest BCUT2D eigenvalue weighted by Gasteiger charge is -2.06. The van der Waals surface area contributed by atoms with Crippen LogP contribution in [0, 0.1) is 11.6 Å². The lowest BCUT2D eigenvalue weighted by atomic mass is 10.3. The summed E-state index contributed by atoms with van der Waals surface area (Å²) in [7, 11) is -3.88. The summed E-state index contributed by atoms with van der Waals surface area (Å²) in [6, 6.07) is 5.16. The molecule has 0 amide bonds. The zero-order valence-corrected chi connectivity index (χ0v) is 11.0. The van der Waals surface area contributed by atoms with Gasteiger partial charge in [0.1, 0.15) is 15.8 Å². The number of hydrogen-bond acceptors (Lipinski definition) is 3. The Morgan fingerprint density at radius 1 is 1.11 bits per heavy atom. The summed E-state index contributed by atoms with van der Waals surface area (Å²) in [6.07, 6.45) is 0. The van der Waals surface area contributed by atoms with Crippen LogP contribution in [0.3, 0.4) is 0 Å². The molecule has 0 aliphatic rings. The highest BCUT2D eigenvalue weighted by molar-refractivity contribution is 7.94. The molecule has 0 aliphatic carbocycles. The fourth-order valence-corrected chi connectivity index (χ4v) is 3.78. The molecule has 0 unspecified atom stereocenters. The zero-order chi connectivity index (χ0) is 13.3. The summed E-state index contributed by atoms with van der Waals surface area (Å²) in [6.45, 7) is 0. The minimum atomic E-state index is -3.88. The molecule has 2 aromatic rings. The van der Waals surface area contributed by atoms with E-state index in [-0.39, 0.29) is 9.90 Å². The predicted octanol–water partition coefficient (Wildman–Crippen LogP) is 3.48. The van der Waals surface area contributed by atoms with Crippen LogP contribution in [-0.4, -0.2) is 8.42 Å². The maximum absolute atomic E-state index is 12.9. The van der Waals surface area contributed by atoms with Crippen LogP contribution < -0.4 is 4.72 Å². The molecule has 0 spiro atoms. The lowest BCUT2D eigenvalue weighted by Crippen LogP contribution is -2.11. The van der Waals surface area contributed by atoms with Gasteiger partial charge >= 0.3 is 0 Å². The Balaban J connectivity index is 2.33. The van der Waals surface area contributed by atoms with Crippen molar-refractivity contribution >= 4 is 38.6 Å². The van der Waals surface area contributed by atoms with Crippen molar-refractivity contribution in [1.82, 2.24) is 0 Å². The molecule has 8 heteroatoms. The van der Waals surface area contributed by atoms with Gasteiger partial charge in [0.15, 0.2) is 0 Å². The molecule has 0 bridgehead atoms. The van der Waals surface area contributed by atoms with Crippen LogP contribution in [0.15, 0.2) is 34.5 Å². The first-order chi connectivity index (χ1) is 8.37. The summed E-state index contributed by atoms with van der Waals surface area (Å²) >= 11 is 6.48. The quantitative estimate of drug-likeness (QED) is 0.943. The molecule has 0 aliphatic heterocycles. The highest BCUT2D eigenvalue weighted by Gasteiger charge is 2.17. The molecule has 1 aromatic heterocycles. The molecule has 1 heterocycles. The summed E-state index contributed by atoms with van der Waals surface area (Å²) in [5.74, 6) is -1.73. The standard InChI is InChI=1S/C10H6ClF2NO2S2/c11-9-1-2-10(17-9)18(15,16)14-8-4-6(12)3-7(13)5-8/h1-5,14H. The molecule has 0 atom stereocenters.